The SMILES string of the molecule is C=CC(=O)OC(OC=O)C(=O)O. The maximum Gasteiger partial charge on any atom is 0.387 e. The molecule has 66 valence electrons. The topological polar surface area (TPSA) is 89.9 Å². The van der Waals surface area contributed by atoms with Crippen LogP contribution in [-0.2, 0) is 23.9 Å². The monoisotopic (exact) mass is 174 g/mol. The average molecular weight is 174 g/mol. The molecule has 0 amide bonds. The Bertz CT molecular complexity index is 208. The van der Waals surface area contributed by atoms with Crippen molar-refractivity contribution in [1.82, 2.24) is 0 Å². The summed E-state index contributed by atoms with van der Waals surface area (Å²) >= 11 is 0. The predicted molar refractivity (Wildman–Crippen MR) is 34.9 cm³/mol. The molecule has 0 aliphatic rings. The van der Waals surface area contributed by atoms with Crippen molar-refractivity contribution in [2.75, 3.05) is 0 Å². The number of hydrogen-bond acceptors (Lipinski definition) is 5. The number of ether oxygens (including phenoxy) is 2. The Hall–Kier alpha value is -1.85. The van der Waals surface area contributed by atoms with Crippen molar-refractivity contribution in [3.8, 4) is 0 Å². The standard InChI is InChI=1S/C6H6O6/c1-2-4(8)12-6(5(9)10)11-3-7/h2-3,6H,1H2,(H,9,10). The molecule has 0 saturated heterocycles. The Morgan fingerprint density at radius 2 is 2.08 bits per heavy atom. The number of hydrogen-bond donors (Lipinski definition) is 1. The normalized spacial score (nSPS) is 11.0. The van der Waals surface area contributed by atoms with Crippen LogP contribution in [0.1, 0.15) is 0 Å². The van der Waals surface area contributed by atoms with Crippen LogP contribution in [0.25, 0.3) is 0 Å². The van der Waals surface area contributed by atoms with Gasteiger partial charge in [-0.2, -0.15) is 0 Å². The molecule has 0 aromatic rings. The van der Waals surface area contributed by atoms with Gasteiger partial charge in [0.2, 0.25) is 0 Å². The summed E-state index contributed by atoms with van der Waals surface area (Å²) in [6.45, 7) is 2.89. The van der Waals surface area contributed by atoms with Crippen LogP contribution >= 0.6 is 0 Å². The molecule has 0 radical (unpaired) electrons. The number of carboxylic acid groups (broad SMARTS) is 1. The summed E-state index contributed by atoms with van der Waals surface area (Å²) in [6, 6.07) is 0. The maximum atomic E-state index is 10.4. The van der Waals surface area contributed by atoms with E-state index in [0.717, 1.165) is 6.08 Å². The predicted octanol–water partition coefficient (Wildman–Crippen LogP) is -0.701. The second-order valence-electron chi connectivity index (χ2n) is 1.54. The van der Waals surface area contributed by atoms with E-state index in [0.29, 0.717) is 0 Å². The van der Waals surface area contributed by atoms with Crippen LogP contribution < -0.4 is 0 Å². The molecule has 0 aliphatic heterocycles. The largest absolute Gasteiger partial charge is 0.476 e. The quantitative estimate of drug-likeness (QED) is 0.256. The van der Waals surface area contributed by atoms with Gasteiger partial charge in [-0.15, -0.1) is 0 Å². The third-order valence-electron chi connectivity index (χ3n) is 0.771. The van der Waals surface area contributed by atoms with E-state index in [1.807, 2.05) is 0 Å². The van der Waals surface area contributed by atoms with Crippen molar-refractivity contribution >= 4 is 18.4 Å². The molecule has 1 N–H and O–H groups in total. The van der Waals surface area contributed by atoms with E-state index in [1.54, 1.807) is 0 Å². The van der Waals surface area contributed by atoms with Crippen LogP contribution in [0.5, 0.6) is 0 Å². The van der Waals surface area contributed by atoms with E-state index in [4.69, 9.17) is 5.11 Å². The summed E-state index contributed by atoms with van der Waals surface area (Å²) in [4.78, 5) is 30.2. The third-order valence-corrected chi connectivity index (χ3v) is 0.771. The molecule has 0 spiro atoms. The smallest absolute Gasteiger partial charge is 0.387 e. The van der Waals surface area contributed by atoms with Gasteiger partial charge in [0.15, 0.2) is 0 Å². The first-order chi connectivity index (χ1) is 5.61. The van der Waals surface area contributed by atoms with Crippen LogP contribution in [0.3, 0.4) is 0 Å². The lowest BCUT2D eigenvalue weighted by Gasteiger charge is -2.08. The van der Waals surface area contributed by atoms with Gasteiger partial charge in [0.25, 0.3) is 6.47 Å². The molecule has 6 heteroatoms. The van der Waals surface area contributed by atoms with Gasteiger partial charge >= 0.3 is 18.2 Å². The Morgan fingerprint density at radius 1 is 1.50 bits per heavy atom. The van der Waals surface area contributed by atoms with Gasteiger partial charge in [0, 0.05) is 6.08 Å². The lowest BCUT2D eigenvalue weighted by atomic mass is 10.6. The maximum absolute atomic E-state index is 10.4. The molecule has 1 atom stereocenters. The molecule has 6 nitrogen and oxygen atoms in total. The number of carbonyl (C=O) groups excluding carboxylic acids is 2. The van der Waals surface area contributed by atoms with Gasteiger partial charge in [-0.25, -0.2) is 9.59 Å². The Morgan fingerprint density at radius 3 is 2.42 bits per heavy atom. The first-order valence-corrected chi connectivity index (χ1v) is 2.76. The summed E-state index contributed by atoms with van der Waals surface area (Å²) in [6.07, 6.45) is -1.16. The lowest BCUT2D eigenvalue weighted by Crippen LogP contribution is -2.28. The minimum Gasteiger partial charge on any atom is -0.476 e. The van der Waals surface area contributed by atoms with Crippen LogP contribution in [0.4, 0.5) is 0 Å². The average Bonchev–Trinajstić information content (AvgIpc) is 2.03. The molecule has 0 aromatic carbocycles. The molecular weight excluding hydrogens is 168 g/mol. The van der Waals surface area contributed by atoms with Crippen molar-refractivity contribution in [3.05, 3.63) is 12.7 Å². The highest BCUT2D eigenvalue weighted by atomic mass is 16.7. The van der Waals surface area contributed by atoms with Gasteiger partial charge in [-0.05, 0) is 0 Å². The lowest BCUT2D eigenvalue weighted by molar-refractivity contribution is -0.192. The molecule has 0 rings (SSSR count). The van der Waals surface area contributed by atoms with Crippen LogP contribution in [-0.4, -0.2) is 29.8 Å². The van der Waals surface area contributed by atoms with Gasteiger partial charge in [-0.1, -0.05) is 6.58 Å². The summed E-state index contributed by atoms with van der Waals surface area (Å²) in [5.41, 5.74) is 0. The van der Waals surface area contributed by atoms with Crippen molar-refractivity contribution < 1.29 is 29.0 Å². The number of carboxylic acids is 1. The van der Waals surface area contributed by atoms with Crippen molar-refractivity contribution in [2.24, 2.45) is 0 Å². The zero-order valence-electron chi connectivity index (χ0n) is 5.93. The summed E-state index contributed by atoms with van der Waals surface area (Å²) in [5.74, 6) is -2.55. The fourth-order valence-electron chi connectivity index (χ4n) is 0.340. The highest BCUT2D eigenvalue weighted by Gasteiger charge is 2.21. The molecule has 0 saturated carbocycles. The minimum atomic E-state index is -1.91. The second-order valence-corrected chi connectivity index (χ2v) is 1.54. The van der Waals surface area contributed by atoms with E-state index in [2.05, 4.69) is 16.1 Å². The zero-order valence-corrected chi connectivity index (χ0v) is 5.93. The van der Waals surface area contributed by atoms with Crippen LogP contribution in [0.2, 0.25) is 0 Å². The third kappa shape index (κ3) is 3.35. The number of carbonyl (C=O) groups is 3. The molecule has 0 bridgehead atoms. The molecular formula is C6H6O6. The first-order valence-electron chi connectivity index (χ1n) is 2.76. The number of aliphatic carboxylic acids is 1. The van der Waals surface area contributed by atoms with Gasteiger partial charge in [0.1, 0.15) is 0 Å². The molecule has 12 heavy (non-hydrogen) atoms. The zero-order chi connectivity index (χ0) is 9.56. The van der Waals surface area contributed by atoms with Crippen molar-refractivity contribution in [3.63, 3.8) is 0 Å². The second kappa shape index (κ2) is 4.89. The Labute approximate surface area is 67.4 Å². The number of esters is 1. The van der Waals surface area contributed by atoms with Gasteiger partial charge in [-0.3, -0.25) is 4.79 Å². The first kappa shape index (κ1) is 10.2. The Kier molecular flexibility index (Phi) is 4.13. The highest BCUT2D eigenvalue weighted by Crippen LogP contribution is 1.94. The molecule has 0 heterocycles. The molecule has 0 aromatic heterocycles. The van der Waals surface area contributed by atoms with Gasteiger partial charge < -0.3 is 14.6 Å². The number of rotatable bonds is 5. The fraction of sp³-hybridized carbons (Fsp3) is 0.167. The fourth-order valence-corrected chi connectivity index (χ4v) is 0.340. The summed E-state index contributed by atoms with van der Waals surface area (Å²) in [7, 11) is 0. The Balaban J connectivity index is 4.12. The van der Waals surface area contributed by atoms with Crippen molar-refractivity contribution in [2.45, 2.75) is 6.29 Å². The molecule has 0 aliphatic carbocycles. The molecule has 1 unspecified atom stereocenters. The molecule has 0 fully saturated rings. The van der Waals surface area contributed by atoms with E-state index >= 15 is 0 Å². The van der Waals surface area contributed by atoms with Crippen LogP contribution in [0, 0.1) is 0 Å². The van der Waals surface area contributed by atoms with E-state index in [-0.39, 0.29) is 6.47 Å². The van der Waals surface area contributed by atoms with E-state index in [1.165, 1.54) is 0 Å². The van der Waals surface area contributed by atoms with E-state index in [9.17, 15) is 14.4 Å². The van der Waals surface area contributed by atoms with E-state index < -0.39 is 18.2 Å². The highest BCUT2D eigenvalue weighted by molar-refractivity contribution is 5.84. The van der Waals surface area contributed by atoms with Crippen LogP contribution in [0.15, 0.2) is 12.7 Å². The van der Waals surface area contributed by atoms with Crippen molar-refractivity contribution in [1.29, 1.82) is 0 Å². The summed E-state index contributed by atoms with van der Waals surface area (Å²) < 4.78 is 8.00. The summed E-state index contributed by atoms with van der Waals surface area (Å²) in [5, 5.41) is 8.25. The van der Waals surface area contributed by atoms with Gasteiger partial charge in [0.05, 0.1) is 0 Å². The minimum absolute atomic E-state index is 0.130.